The maximum atomic E-state index is 3.68. The van der Waals surface area contributed by atoms with E-state index < -0.39 is 0 Å². The minimum Gasteiger partial charge on any atom is -0.313 e. The molecule has 2 saturated carbocycles. The summed E-state index contributed by atoms with van der Waals surface area (Å²) in [5, 5.41) is 3.68. The smallest absolute Gasteiger partial charge is 0.0223 e. The SMILES string of the molecule is CCNC(CN(C)C1CCC(C)CC1)C1CC1. The first kappa shape index (κ1) is 13.4. The van der Waals surface area contributed by atoms with Crippen molar-refractivity contribution in [1.82, 2.24) is 10.2 Å². The molecule has 0 saturated heterocycles. The molecule has 1 atom stereocenters. The lowest BCUT2D eigenvalue weighted by Gasteiger charge is -2.35. The normalized spacial score (nSPS) is 31.8. The number of nitrogens with zero attached hydrogens (tertiary/aromatic N) is 1. The predicted octanol–water partition coefficient (Wildman–Crippen LogP) is 2.89. The van der Waals surface area contributed by atoms with E-state index in [1.807, 2.05) is 0 Å². The molecule has 2 nitrogen and oxygen atoms in total. The van der Waals surface area contributed by atoms with Crippen LogP contribution in [0.4, 0.5) is 0 Å². The first-order valence-electron chi connectivity index (χ1n) is 7.64. The molecular formula is C15H30N2. The van der Waals surface area contributed by atoms with Gasteiger partial charge in [0.1, 0.15) is 0 Å². The Morgan fingerprint density at radius 3 is 2.29 bits per heavy atom. The summed E-state index contributed by atoms with van der Waals surface area (Å²) < 4.78 is 0. The van der Waals surface area contributed by atoms with Gasteiger partial charge in [-0.05, 0) is 64.0 Å². The average Bonchev–Trinajstić information content (AvgIpc) is 3.13. The number of hydrogen-bond acceptors (Lipinski definition) is 2. The van der Waals surface area contributed by atoms with Crippen molar-refractivity contribution in [2.45, 2.75) is 64.5 Å². The topological polar surface area (TPSA) is 15.3 Å². The zero-order chi connectivity index (χ0) is 12.3. The Hall–Kier alpha value is -0.0800. The molecule has 2 aliphatic carbocycles. The molecule has 0 radical (unpaired) electrons. The van der Waals surface area contributed by atoms with Crippen molar-refractivity contribution in [2.75, 3.05) is 20.1 Å². The Kier molecular flexibility index (Phi) is 4.87. The van der Waals surface area contributed by atoms with Gasteiger partial charge in [-0.25, -0.2) is 0 Å². The predicted molar refractivity (Wildman–Crippen MR) is 74.2 cm³/mol. The van der Waals surface area contributed by atoms with Crippen molar-refractivity contribution >= 4 is 0 Å². The van der Waals surface area contributed by atoms with E-state index >= 15 is 0 Å². The van der Waals surface area contributed by atoms with Gasteiger partial charge in [0, 0.05) is 18.6 Å². The van der Waals surface area contributed by atoms with Gasteiger partial charge in [0.05, 0.1) is 0 Å². The maximum Gasteiger partial charge on any atom is 0.0223 e. The van der Waals surface area contributed by atoms with Gasteiger partial charge in [0.15, 0.2) is 0 Å². The van der Waals surface area contributed by atoms with E-state index in [0.717, 1.165) is 30.5 Å². The van der Waals surface area contributed by atoms with Crippen LogP contribution in [0.2, 0.25) is 0 Å². The summed E-state index contributed by atoms with van der Waals surface area (Å²) in [7, 11) is 2.34. The van der Waals surface area contributed by atoms with E-state index in [0.29, 0.717) is 0 Å². The second kappa shape index (κ2) is 6.19. The molecule has 0 bridgehead atoms. The quantitative estimate of drug-likeness (QED) is 0.765. The molecule has 0 aromatic carbocycles. The minimum atomic E-state index is 0.754. The third-order valence-corrected chi connectivity index (χ3v) is 4.75. The zero-order valence-corrected chi connectivity index (χ0v) is 11.9. The summed E-state index contributed by atoms with van der Waals surface area (Å²) in [6.07, 6.45) is 8.61. The van der Waals surface area contributed by atoms with Crippen LogP contribution in [-0.4, -0.2) is 37.1 Å². The third kappa shape index (κ3) is 3.96. The van der Waals surface area contributed by atoms with Gasteiger partial charge in [-0.15, -0.1) is 0 Å². The van der Waals surface area contributed by atoms with Crippen LogP contribution in [0, 0.1) is 11.8 Å². The van der Waals surface area contributed by atoms with E-state index in [-0.39, 0.29) is 0 Å². The highest BCUT2D eigenvalue weighted by molar-refractivity contribution is 4.89. The van der Waals surface area contributed by atoms with Crippen molar-refractivity contribution in [3.63, 3.8) is 0 Å². The highest BCUT2D eigenvalue weighted by atomic mass is 15.2. The Balaban J connectivity index is 1.76. The van der Waals surface area contributed by atoms with Gasteiger partial charge in [-0.1, -0.05) is 13.8 Å². The molecule has 0 aromatic rings. The first-order valence-corrected chi connectivity index (χ1v) is 7.64. The van der Waals surface area contributed by atoms with E-state index in [1.165, 1.54) is 45.1 Å². The lowest BCUT2D eigenvalue weighted by Crippen LogP contribution is -2.45. The van der Waals surface area contributed by atoms with E-state index in [4.69, 9.17) is 0 Å². The molecular weight excluding hydrogens is 208 g/mol. The van der Waals surface area contributed by atoms with Crippen LogP contribution < -0.4 is 5.32 Å². The van der Waals surface area contributed by atoms with Gasteiger partial charge < -0.3 is 10.2 Å². The van der Waals surface area contributed by atoms with Crippen molar-refractivity contribution in [2.24, 2.45) is 11.8 Å². The van der Waals surface area contributed by atoms with Crippen LogP contribution in [0.1, 0.15) is 52.4 Å². The molecule has 2 fully saturated rings. The fraction of sp³-hybridized carbons (Fsp3) is 1.00. The fourth-order valence-corrected chi connectivity index (χ4v) is 3.28. The Bertz CT molecular complexity index is 217. The molecule has 0 heterocycles. The number of likely N-dealkylation sites (N-methyl/N-ethyl adjacent to an activating group) is 2. The number of nitrogens with one attached hydrogen (secondary N) is 1. The Morgan fingerprint density at radius 2 is 1.76 bits per heavy atom. The Morgan fingerprint density at radius 1 is 1.12 bits per heavy atom. The average molecular weight is 238 g/mol. The van der Waals surface area contributed by atoms with Crippen molar-refractivity contribution in [3.05, 3.63) is 0 Å². The second-order valence-corrected chi connectivity index (χ2v) is 6.35. The summed E-state index contributed by atoms with van der Waals surface area (Å²) in [4.78, 5) is 2.64. The highest BCUT2D eigenvalue weighted by Crippen LogP contribution is 2.34. The van der Waals surface area contributed by atoms with Crippen LogP contribution >= 0.6 is 0 Å². The maximum absolute atomic E-state index is 3.68. The molecule has 2 heteroatoms. The summed E-state index contributed by atoms with van der Waals surface area (Å²) in [5.74, 6) is 1.94. The molecule has 2 rings (SSSR count). The lowest BCUT2D eigenvalue weighted by atomic mass is 9.86. The standard InChI is InChI=1S/C15H30N2/c1-4-16-15(13-7-8-13)11-17(3)14-9-5-12(2)6-10-14/h12-16H,4-11H2,1-3H3. The molecule has 1 N–H and O–H groups in total. The molecule has 100 valence electrons. The van der Waals surface area contributed by atoms with Gasteiger partial charge >= 0.3 is 0 Å². The zero-order valence-electron chi connectivity index (χ0n) is 11.9. The van der Waals surface area contributed by atoms with Crippen LogP contribution in [0.3, 0.4) is 0 Å². The third-order valence-electron chi connectivity index (χ3n) is 4.75. The number of rotatable bonds is 6. The summed E-state index contributed by atoms with van der Waals surface area (Å²) in [5.41, 5.74) is 0. The second-order valence-electron chi connectivity index (χ2n) is 6.35. The molecule has 0 spiro atoms. The molecule has 1 unspecified atom stereocenters. The fourth-order valence-electron chi connectivity index (χ4n) is 3.28. The van der Waals surface area contributed by atoms with E-state index in [9.17, 15) is 0 Å². The minimum absolute atomic E-state index is 0.754. The van der Waals surface area contributed by atoms with Gasteiger partial charge in [0.2, 0.25) is 0 Å². The summed E-state index contributed by atoms with van der Waals surface area (Å²) in [6.45, 7) is 7.02. The van der Waals surface area contributed by atoms with Crippen molar-refractivity contribution in [1.29, 1.82) is 0 Å². The molecule has 2 aliphatic rings. The van der Waals surface area contributed by atoms with Crippen LogP contribution in [0.15, 0.2) is 0 Å². The van der Waals surface area contributed by atoms with E-state index in [1.54, 1.807) is 0 Å². The first-order chi connectivity index (χ1) is 8.20. The van der Waals surface area contributed by atoms with Crippen LogP contribution in [-0.2, 0) is 0 Å². The van der Waals surface area contributed by atoms with Crippen LogP contribution in [0.25, 0.3) is 0 Å². The molecule has 0 amide bonds. The van der Waals surface area contributed by atoms with Crippen LogP contribution in [0.5, 0.6) is 0 Å². The van der Waals surface area contributed by atoms with E-state index in [2.05, 4.69) is 31.1 Å². The molecule has 17 heavy (non-hydrogen) atoms. The van der Waals surface area contributed by atoms with Crippen molar-refractivity contribution < 1.29 is 0 Å². The largest absolute Gasteiger partial charge is 0.313 e. The van der Waals surface area contributed by atoms with Gasteiger partial charge in [-0.2, -0.15) is 0 Å². The summed E-state index contributed by atoms with van der Waals surface area (Å²) in [6, 6.07) is 1.61. The van der Waals surface area contributed by atoms with Gasteiger partial charge in [0.25, 0.3) is 0 Å². The number of hydrogen-bond donors (Lipinski definition) is 1. The lowest BCUT2D eigenvalue weighted by molar-refractivity contribution is 0.152. The van der Waals surface area contributed by atoms with Gasteiger partial charge in [-0.3, -0.25) is 0 Å². The molecule has 0 aromatic heterocycles. The monoisotopic (exact) mass is 238 g/mol. The van der Waals surface area contributed by atoms with Crippen molar-refractivity contribution in [3.8, 4) is 0 Å². The highest BCUT2D eigenvalue weighted by Gasteiger charge is 2.32. The summed E-state index contributed by atoms with van der Waals surface area (Å²) >= 11 is 0. The Labute approximate surface area is 107 Å². The molecule has 0 aliphatic heterocycles.